The van der Waals surface area contributed by atoms with Crippen molar-refractivity contribution in [2.45, 2.75) is 69.2 Å². The molecule has 9 atom stereocenters. The van der Waals surface area contributed by atoms with Gasteiger partial charge in [0.05, 0.1) is 0 Å². The van der Waals surface area contributed by atoms with Crippen molar-refractivity contribution in [3.05, 3.63) is 12.2 Å². The Kier molecular flexibility index (Phi) is 5.98. The Hall–Kier alpha value is -0.260. The minimum Gasteiger partial charge on any atom is -0.0993 e. The molecule has 0 spiro atoms. The van der Waals surface area contributed by atoms with Crippen molar-refractivity contribution < 1.29 is 0 Å². The fraction of sp³-hybridized carbons (Fsp3) is 0.917. The molecule has 2 rings (SSSR count). The van der Waals surface area contributed by atoms with E-state index in [0.717, 1.165) is 59.2 Å². The van der Waals surface area contributed by atoms with E-state index >= 15 is 0 Å². The number of rotatable bonds is 2. The summed E-state index contributed by atoms with van der Waals surface area (Å²) in [7, 11) is 0. The molecule has 0 heteroatoms. The fourth-order valence-electron chi connectivity index (χ4n) is 7.02. The molecular weight excluding hydrogens is 288 g/mol. The highest BCUT2D eigenvalue weighted by Crippen LogP contribution is 2.55. The maximum atomic E-state index is 4.45. The van der Waals surface area contributed by atoms with Crippen LogP contribution in [0.15, 0.2) is 12.2 Å². The summed E-state index contributed by atoms with van der Waals surface area (Å²) in [6.45, 7) is 29.5. The normalized spacial score (nSPS) is 54.6. The Balaban J connectivity index is 2.31. The van der Waals surface area contributed by atoms with E-state index < -0.39 is 0 Å². The Morgan fingerprint density at radius 2 is 0.833 bits per heavy atom. The van der Waals surface area contributed by atoms with Crippen LogP contribution in [-0.4, -0.2) is 0 Å². The zero-order valence-corrected chi connectivity index (χ0v) is 18.1. The lowest BCUT2D eigenvalue weighted by molar-refractivity contribution is -0.0523. The molecule has 0 amide bonds. The zero-order chi connectivity index (χ0) is 18.5. The standard InChI is InChI=1S/C24H44/c1-12-14(3)18(7)23(19(8)15(12)4)22(11)24-20(9)16(5)13(2)17(6)21(24)10/h13-24H,1H2,2-11H3. The van der Waals surface area contributed by atoms with Gasteiger partial charge in [0, 0.05) is 0 Å². The van der Waals surface area contributed by atoms with Gasteiger partial charge in [-0.15, -0.1) is 0 Å². The summed E-state index contributed by atoms with van der Waals surface area (Å²) in [6, 6.07) is 0. The molecule has 0 nitrogen and oxygen atoms in total. The molecule has 0 aromatic carbocycles. The van der Waals surface area contributed by atoms with Crippen LogP contribution in [0.4, 0.5) is 0 Å². The van der Waals surface area contributed by atoms with Crippen LogP contribution >= 0.6 is 0 Å². The molecule has 0 heterocycles. The highest BCUT2D eigenvalue weighted by atomic mass is 14.5. The molecule has 9 unspecified atom stereocenters. The second kappa shape index (κ2) is 7.16. The third-order valence-electron chi connectivity index (χ3n) is 9.71. The lowest BCUT2D eigenvalue weighted by Crippen LogP contribution is -2.49. The summed E-state index contributed by atoms with van der Waals surface area (Å²) >= 11 is 0. The first-order valence-corrected chi connectivity index (χ1v) is 10.7. The largest absolute Gasteiger partial charge is 0.0993 e. The van der Waals surface area contributed by atoms with Gasteiger partial charge in [-0.3, -0.25) is 0 Å². The first-order chi connectivity index (χ1) is 11.0. The van der Waals surface area contributed by atoms with Crippen LogP contribution in [0.2, 0.25) is 0 Å². The van der Waals surface area contributed by atoms with Gasteiger partial charge in [0.25, 0.3) is 0 Å². The molecule has 2 aliphatic rings. The molecular formula is C24H44. The van der Waals surface area contributed by atoms with E-state index in [1.54, 1.807) is 0 Å². The summed E-state index contributed by atoms with van der Waals surface area (Å²) in [6.07, 6.45) is 0. The van der Waals surface area contributed by atoms with E-state index in [0.29, 0.717) is 11.8 Å². The van der Waals surface area contributed by atoms with Crippen molar-refractivity contribution in [1.29, 1.82) is 0 Å². The second-order valence-corrected chi connectivity index (χ2v) is 10.2. The summed E-state index contributed by atoms with van der Waals surface area (Å²) in [4.78, 5) is 0. The van der Waals surface area contributed by atoms with Crippen LogP contribution in [0.1, 0.15) is 69.2 Å². The van der Waals surface area contributed by atoms with Crippen molar-refractivity contribution in [3.63, 3.8) is 0 Å². The van der Waals surface area contributed by atoms with Crippen molar-refractivity contribution in [3.8, 4) is 0 Å². The van der Waals surface area contributed by atoms with E-state index in [1.807, 2.05) is 0 Å². The lowest BCUT2D eigenvalue weighted by atomic mass is 9.50. The van der Waals surface area contributed by atoms with Crippen molar-refractivity contribution in [2.24, 2.45) is 71.0 Å². The molecule has 0 aromatic rings. The van der Waals surface area contributed by atoms with Crippen molar-refractivity contribution in [1.82, 2.24) is 0 Å². The maximum Gasteiger partial charge on any atom is -0.0203 e. The van der Waals surface area contributed by atoms with Crippen LogP contribution in [0.25, 0.3) is 0 Å². The quantitative estimate of drug-likeness (QED) is 0.470. The van der Waals surface area contributed by atoms with Crippen LogP contribution < -0.4 is 0 Å². The van der Waals surface area contributed by atoms with Gasteiger partial charge in [-0.25, -0.2) is 0 Å². The average molecular weight is 333 g/mol. The van der Waals surface area contributed by atoms with Gasteiger partial charge >= 0.3 is 0 Å². The maximum absolute atomic E-state index is 4.45. The van der Waals surface area contributed by atoms with E-state index in [9.17, 15) is 0 Å². The topological polar surface area (TPSA) is 0 Å². The van der Waals surface area contributed by atoms with Gasteiger partial charge in [-0.05, 0) is 71.0 Å². The molecule has 140 valence electrons. The lowest BCUT2D eigenvalue weighted by Gasteiger charge is -2.55. The zero-order valence-electron chi connectivity index (χ0n) is 18.1. The number of allylic oxidation sites excluding steroid dienone is 1. The Morgan fingerprint density at radius 3 is 1.21 bits per heavy atom. The van der Waals surface area contributed by atoms with Crippen molar-refractivity contribution >= 4 is 0 Å². The summed E-state index contributed by atoms with van der Waals surface area (Å²) in [5.41, 5.74) is 1.50. The van der Waals surface area contributed by atoms with Crippen LogP contribution in [0, 0.1) is 71.0 Å². The summed E-state index contributed by atoms with van der Waals surface area (Å²) in [5.74, 6) is 9.64. The predicted octanol–water partition coefficient (Wildman–Crippen LogP) is 7.16. The first kappa shape index (κ1) is 20.1. The monoisotopic (exact) mass is 332 g/mol. The van der Waals surface area contributed by atoms with Gasteiger partial charge in [-0.1, -0.05) is 81.4 Å². The fourth-order valence-corrected chi connectivity index (χ4v) is 7.02. The van der Waals surface area contributed by atoms with Crippen LogP contribution in [0.3, 0.4) is 0 Å². The molecule has 0 aliphatic heterocycles. The summed E-state index contributed by atoms with van der Waals surface area (Å²) < 4.78 is 0. The molecule has 0 bridgehead atoms. The SMILES string of the molecule is C=C1C(C)C(C)C(C(C)C2C(C)C(C)C(C)C(C)C2C)C(C)C1C. The predicted molar refractivity (Wildman–Crippen MR) is 108 cm³/mol. The van der Waals surface area contributed by atoms with Crippen LogP contribution in [-0.2, 0) is 0 Å². The number of hydrogen-bond acceptors (Lipinski definition) is 0. The third-order valence-corrected chi connectivity index (χ3v) is 9.71. The second-order valence-electron chi connectivity index (χ2n) is 10.2. The average Bonchev–Trinajstić information content (AvgIpc) is 2.55. The van der Waals surface area contributed by atoms with Gasteiger partial charge < -0.3 is 0 Å². The highest BCUT2D eigenvalue weighted by molar-refractivity contribution is 5.13. The molecule has 2 saturated carbocycles. The minimum atomic E-state index is 0.673. The highest BCUT2D eigenvalue weighted by Gasteiger charge is 2.49. The van der Waals surface area contributed by atoms with Gasteiger partial charge in [0.2, 0.25) is 0 Å². The molecule has 2 fully saturated rings. The van der Waals surface area contributed by atoms with E-state index in [4.69, 9.17) is 0 Å². The van der Waals surface area contributed by atoms with E-state index in [2.05, 4.69) is 75.8 Å². The minimum absolute atomic E-state index is 0.673. The van der Waals surface area contributed by atoms with E-state index in [1.165, 1.54) is 5.57 Å². The Labute approximate surface area is 152 Å². The van der Waals surface area contributed by atoms with Crippen LogP contribution in [0.5, 0.6) is 0 Å². The summed E-state index contributed by atoms with van der Waals surface area (Å²) in [5, 5.41) is 0. The van der Waals surface area contributed by atoms with Crippen molar-refractivity contribution in [2.75, 3.05) is 0 Å². The first-order valence-electron chi connectivity index (χ1n) is 10.7. The number of hydrogen-bond donors (Lipinski definition) is 0. The smallest absolute Gasteiger partial charge is 0.0203 e. The molecule has 2 aliphatic carbocycles. The molecule has 0 aromatic heterocycles. The molecule has 0 saturated heterocycles. The van der Waals surface area contributed by atoms with Gasteiger partial charge in [-0.2, -0.15) is 0 Å². The van der Waals surface area contributed by atoms with E-state index in [-0.39, 0.29) is 0 Å². The van der Waals surface area contributed by atoms with Gasteiger partial charge in [0.15, 0.2) is 0 Å². The van der Waals surface area contributed by atoms with Gasteiger partial charge in [0.1, 0.15) is 0 Å². The molecule has 0 N–H and O–H groups in total. The Bertz CT molecular complexity index is 415. The molecule has 24 heavy (non-hydrogen) atoms. The Morgan fingerprint density at radius 1 is 0.542 bits per heavy atom. The molecule has 0 radical (unpaired) electrons. The third kappa shape index (κ3) is 3.01.